The Morgan fingerprint density at radius 2 is 2.22 bits per heavy atom. The maximum atomic E-state index is 12.1. The van der Waals surface area contributed by atoms with E-state index in [4.69, 9.17) is 5.73 Å². The number of amides is 1. The minimum Gasteiger partial charge on any atom is -0.399 e. The van der Waals surface area contributed by atoms with Gasteiger partial charge in [-0.1, -0.05) is 0 Å². The Kier molecular flexibility index (Phi) is 3.54. The molecule has 1 aromatic carbocycles. The van der Waals surface area contributed by atoms with Crippen LogP contribution in [-0.2, 0) is 4.79 Å². The molecule has 0 aromatic heterocycles. The maximum absolute atomic E-state index is 12.1. The average Bonchev–Trinajstić information content (AvgIpc) is 2.33. The Morgan fingerprint density at radius 3 is 2.89 bits per heavy atom. The molecule has 1 aliphatic heterocycles. The van der Waals surface area contributed by atoms with Crippen LogP contribution in [-0.4, -0.2) is 30.8 Å². The molecular formula is C13H19N3OS. The summed E-state index contributed by atoms with van der Waals surface area (Å²) in [6.07, 6.45) is 0. The van der Waals surface area contributed by atoms with E-state index in [9.17, 15) is 4.79 Å². The Bertz CT molecular complexity index is 473. The molecule has 5 heteroatoms. The molecule has 4 nitrogen and oxygen atoms in total. The Morgan fingerprint density at radius 1 is 1.50 bits per heavy atom. The second-order valence-electron chi connectivity index (χ2n) is 5.13. The number of hydrogen-bond acceptors (Lipinski definition) is 4. The number of likely N-dealkylation sites (N-methyl/N-ethyl adjacent to an activating group) is 1. The lowest BCUT2D eigenvalue weighted by atomic mass is 10.0. The van der Waals surface area contributed by atoms with E-state index in [1.165, 1.54) is 0 Å². The number of hydrogen-bond donors (Lipinski definition) is 2. The van der Waals surface area contributed by atoms with Crippen LogP contribution in [0.4, 0.5) is 11.4 Å². The van der Waals surface area contributed by atoms with Gasteiger partial charge in [-0.15, -0.1) is 11.8 Å². The predicted molar refractivity (Wildman–Crippen MR) is 77.1 cm³/mol. The van der Waals surface area contributed by atoms with E-state index in [-0.39, 0.29) is 11.4 Å². The summed E-state index contributed by atoms with van der Waals surface area (Å²) >= 11 is 1.58. The number of rotatable bonds is 3. The molecule has 0 atom stereocenters. The highest BCUT2D eigenvalue weighted by Crippen LogP contribution is 2.37. The average molecular weight is 265 g/mol. The minimum atomic E-state index is -0.125. The summed E-state index contributed by atoms with van der Waals surface area (Å²) in [6.45, 7) is 4.79. The quantitative estimate of drug-likeness (QED) is 0.817. The number of thioether (sulfide) groups is 1. The maximum Gasteiger partial charge on any atom is 0.237 e. The molecule has 0 unspecified atom stereocenters. The third kappa shape index (κ3) is 2.62. The van der Waals surface area contributed by atoms with Crippen LogP contribution >= 0.6 is 11.8 Å². The molecule has 1 heterocycles. The van der Waals surface area contributed by atoms with Gasteiger partial charge in [0.25, 0.3) is 0 Å². The first-order valence-electron chi connectivity index (χ1n) is 5.94. The zero-order valence-corrected chi connectivity index (χ0v) is 11.8. The highest BCUT2D eigenvalue weighted by atomic mass is 32.2. The van der Waals surface area contributed by atoms with E-state index in [1.54, 1.807) is 11.8 Å². The van der Waals surface area contributed by atoms with Crippen molar-refractivity contribution in [2.45, 2.75) is 24.3 Å². The van der Waals surface area contributed by atoms with Crippen LogP contribution in [0.3, 0.4) is 0 Å². The molecule has 18 heavy (non-hydrogen) atoms. The van der Waals surface area contributed by atoms with Gasteiger partial charge < -0.3 is 16.0 Å². The number of fused-ring (bicyclic) bond motifs is 1. The van der Waals surface area contributed by atoms with Crippen molar-refractivity contribution in [1.29, 1.82) is 0 Å². The van der Waals surface area contributed by atoms with Crippen LogP contribution in [0.15, 0.2) is 23.1 Å². The van der Waals surface area contributed by atoms with Crippen LogP contribution in [0.25, 0.3) is 0 Å². The van der Waals surface area contributed by atoms with Crippen molar-refractivity contribution in [1.82, 2.24) is 5.32 Å². The molecule has 0 aliphatic carbocycles. The molecular weight excluding hydrogens is 246 g/mol. The molecule has 1 aliphatic rings. The molecule has 2 rings (SSSR count). The van der Waals surface area contributed by atoms with E-state index in [0.717, 1.165) is 10.6 Å². The van der Waals surface area contributed by atoms with Crippen LogP contribution < -0.4 is 16.0 Å². The van der Waals surface area contributed by atoms with Gasteiger partial charge >= 0.3 is 0 Å². The largest absolute Gasteiger partial charge is 0.399 e. The van der Waals surface area contributed by atoms with Crippen molar-refractivity contribution < 1.29 is 4.79 Å². The van der Waals surface area contributed by atoms with Gasteiger partial charge in [-0.3, -0.25) is 4.79 Å². The molecule has 0 saturated carbocycles. The summed E-state index contributed by atoms with van der Waals surface area (Å²) in [6, 6.07) is 5.75. The van der Waals surface area contributed by atoms with E-state index >= 15 is 0 Å². The number of nitrogen functional groups attached to an aromatic ring is 1. The summed E-state index contributed by atoms with van der Waals surface area (Å²) in [5, 5.41) is 3.22. The molecule has 0 radical (unpaired) electrons. The first-order valence-corrected chi connectivity index (χ1v) is 6.93. The number of nitrogens with one attached hydrogen (secondary N) is 1. The standard InChI is InChI=1S/C13H19N3OS/c1-13(2,15-3)8-16-10-6-9(14)4-5-11(10)18-7-12(16)17/h4-6,15H,7-8,14H2,1-3H3. The molecule has 0 fully saturated rings. The van der Waals surface area contributed by atoms with Crippen LogP contribution in [0.1, 0.15) is 13.8 Å². The van der Waals surface area contributed by atoms with Crippen molar-refractivity contribution in [3.8, 4) is 0 Å². The Hall–Kier alpha value is -1.20. The predicted octanol–water partition coefficient (Wildman–Crippen LogP) is 1.71. The zero-order chi connectivity index (χ0) is 13.3. The van der Waals surface area contributed by atoms with Gasteiger partial charge in [-0.05, 0) is 39.1 Å². The second-order valence-corrected chi connectivity index (χ2v) is 6.15. The minimum absolute atomic E-state index is 0.125. The molecule has 0 bridgehead atoms. The first kappa shape index (κ1) is 13.2. The number of carbonyl (C=O) groups excluding carboxylic acids is 1. The second kappa shape index (κ2) is 4.82. The molecule has 3 N–H and O–H groups in total. The molecule has 1 amide bonds. The van der Waals surface area contributed by atoms with Gasteiger partial charge in [-0.25, -0.2) is 0 Å². The smallest absolute Gasteiger partial charge is 0.237 e. The van der Waals surface area contributed by atoms with Gasteiger partial charge in [0.2, 0.25) is 5.91 Å². The summed E-state index contributed by atoms with van der Waals surface area (Å²) in [5.41, 5.74) is 7.32. The van der Waals surface area contributed by atoms with E-state index in [0.29, 0.717) is 18.0 Å². The monoisotopic (exact) mass is 265 g/mol. The topological polar surface area (TPSA) is 58.4 Å². The lowest BCUT2D eigenvalue weighted by molar-refractivity contribution is -0.116. The van der Waals surface area contributed by atoms with Gasteiger partial charge in [0.15, 0.2) is 0 Å². The number of benzene rings is 1. The Labute approximate surface area is 112 Å². The molecule has 1 aromatic rings. The molecule has 98 valence electrons. The normalized spacial score (nSPS) is 15.7. The van der Waals surface area contributed by atoms with Crippen LogP contribution in [0, 0.1) is 0 Å². The van der Waals surface area contributed by atoms with Gasteiger partial charge in [0.1, 0.15) is 0 Å². The highest BCUT2D eigenvalue weighted by Gasteiger charge is 2.29. The van der Waals surface area contributed by atoms with Crippen molar-refractivity contribution >= 4 is 29.0 Å². The summed E-state index contributed by atoms with van der Waals surface area (Å²) in [5.74, 6) is 0.637. The highest BCUT2D eigenvalue weighted by molar-refractivity contribution is 8.00. The number of nitrogens with zero attached hydrogens (tertiary/aromatic N) is 1. The van der Waals surface area contributed by atoms with Crippen molar-refractivity contribution in [2.75, 3.05) is 30.0 Å². The van der Waals surface area contributed by atoms with Crippen molar-refractivity contribution in [3.63, 3.8) is 0 Å². The lowest BCUT2D eigenvalue weighted by Crippen LogP contribution is -2.51. The van der Waals surface area contributed by atoms with E-state index in [2.05, 4.69) is 19.2 Å². The van der Waals surface area contributed by atoms with Crippen LogP contribution in [0.5, 0.6) is 0 Å². The van der Waals surface area contributed by atoms with Crippen molar-refractivity contribution in [3.05, 3.63) is 18.2 Å². The third-order valence-electron chi connectivity index (χ3n) is 3.16. The zero-order valence-electron chi connectivity index (χ0n) is 11.0. The fourth-order valence-corrected chi connectivity index (χ4v) is 2.78. The number of anilines is 2. The third-order valence-corrected chi connectivity index (χ3v) is 4.20. The first-order chi connectivity index (χ1) is 8.43. The molecule has 0 spiro atoms. The van der Waals surface area contributed by atoms with Gasteiger partial charge in [0.05, 0.1) is 11.4 Å². The van der Waals surface area contributed by atoms with E-state index < -0.39 is 0 Å². The lowest BCUT2D eigenvalue weighted by Gasteiger charge is -2.35. The SMILES string of the molecule is CNC(C)(C)CN1C(=O)CSc2ccc(N)cc21. The van der Waals surface area contributed by atoms with E-state index in [1.807, 2.05) is 30.1 Å². The fourth-order valence-electron chi connectivity index (χ4n) is 1.87. The van der Waals surface area contributed by atoms with Gasteiger partial charge in [0, 0.05) is 22.7 Å². The van der Waals surface area contributed by atoms with Gasteiger partial charge in [-0.2, -0.15) is 0 Å². The summed E-state index contributed by atoms with van der Waals surface area (Å²) in [4.78, 5) is 15.1. The number of nitrogens with two attached hydrogens (primary N) is 1. The summed E-state index contributed by atoms with van der Waals surface area (Å²) in [7, 11) is 1.91. The number of carbonyl (C=O) groups is 1. The fraction of sp³-hybridized carbons (Fsp3) is 0.462. The Balaban J connectivity index is 2.36. The summed E-state index contributed by atoms with van der Waals surface area (Å²) < 4.78 is 0. The van der Waals surface area contributed by atoms with Crippen LogP contribution in [0.2, 0.25) is 0 Å². The van der Waals surface area contributed by atoms with Crippen molar-refractivity contribution in [2.24, 2.45) is 0 Å². The molecule has 0 saturated heterocycles.